The number of nitrogens with zero attached hydrogens (tertiary/aromatic N) is 1. The zero-order chi connectivity index (χ0) is 16.1. The Hall–Kier alpha value is -2.35. The Morgan fingerprint density at radius 1 is 1.41 bits per heavy atom. The lowest BCUT2D eigenvalue weighted by atomic mass is 9.90. The third-order valence-corrected chi connectivity index (χ3v) is 3.98. The molecule has 0 radical (unpaired) electrons. The minimum absolute atomic E-state index is 0.168. The van der Waals surface area contributed by atoms with E-state index in [9.17, 15) is 4.79 Å². The van der Waals surface area contributed by atoms with E-state index in [2.05, 4.69) is 18.8 Å². The fourth-order valence-corrected chi connectivity index (χ4v) is 2.78. The molecular weight excluding hydrogens is 282 g/mol. The molecule has 0 saturated carbocycles. The Morgan fingerprint density at radius 2 is 2.18 bits per heavy atom. The Balaban J connectivity index is 2.22. The van der Waals surface area contributed by atoms with Gasteiger partial charge in [0.25, 0.3) is 0 Å². The van der Waals surface area contributed by atoms with Gasteiger partial charge in [-0.05, 0) is 30.5 Å². The SMILES string of the molecule is CC#CCOc1cc([C@H]2CN(C(=O)O)C[C@H]2C)ccc1OC. The molecule has 1 aromatic carbocycles. The summed E-state index contributed by atoms with van der Waals surface area (Å²) in [5, 5.41) is 9.14. The molecule has 1 saturated heterocycles. The summed E-state index contributed by atoms with van der Waals surface area (Å²) in [5.41, 5.74) is 1.07. The van der Waals surface area contributed by atoms with Crippen LogP contribution in [-0.4, -0.2) is 42.9 Å². The average molecular weight is 303 g/mol. The molecule has 2 atom stereocenters. The predicted molar refractivity (Wildman–Crippen MR) is 83.4 cm³/mol. The maximum atomic E-state index is 11.1. The van der Waals surface area contributed by atoms with Gasteiger partial charge in [0.05, 0.1) is 7.11 Å². The van der Waals surface area contributed by atoms with Crippen molar-refractivity contribution in [3.63, 3.8) is 0 Å². The van der Waals surface area contributed by atoms with Gasteiger partial charge in [0.2, 0.25) is 0 Å². The number of amides is 1. The van der Waals surface area contributed by atoms with E-state index in [1.807, 2.05) is 18.2 Å². The van der Waals surface area contributed by atoms with Crippen molar-refractivity contribution in [2.45, 2.75) is 19.8 Å². The topological polar surface area (TPSA) is 59.0 Å². The van der Waals surface area contributed by atoms with Crippen LogP contribution in [0.2, 0.25) is 0 Å². The molecule has 5 heteroatoms. The third kappa shape index (κ3) is 3.45. The van der Waals surface area contributed by atoms with Gasteiger partial charge in [-0.3, -0.25) is 0 Å². The number of rotatable bonds is 4. The average Bonchev–Trinajstić information content (AvgIpc) is 2.89. The zero-order valence-corrected chi connectivity index (χ0v) is 13.1. The smallest absolute Gasteiger partial charge is 0.407 e. The number of carboxylic acid groups (broad SMARTS) is 1. The van der Waals surface area contributed by atoms with Crippen LogP contribution in [0.25, 0.3) is 0 Å². The lowest BCUT2D eigenvalue weighted by molar-refractivity contribution is 0.154. The molecule has 0 unspecified atom stereocenters. The third-order valence-electron chi connectivity index (χ3n) is 3.98. The second-order valence-electron chi connectivity index (χ2n) is 5.40. The van der Waals surface area contributed by atoms with Crippen molar-refractivity contribution < 1.29 is 19.4 Å². The van der Waals surface area contributed by atoms with E-state index in [0.29, 0.717) is 31.2 Å². The molecule has 118 valence electrons. The number of benzene rings is 1. The van der Waals surface area contributed by atoms with Gasteiger partial charge in [-0.15, -0.1) is 5.92 Å². The lowest BCUT2D eigenvalue weighted by Gasteiger charge is -2.17. The normalized spacial score (nSPS) is 20.2. The van der Waals surface area contributed by atoms with E-state index in [1.54, 1.807) is 14.0 Å². The second-order valence-corrected chi connectivity index (χ2v) is 5.40. The van der Waals surface area contributed by atoms with E-state index in [1.165, 1.54) is 4.90 Å². The van der Waals surface area contributed by atoms with Gasteiger partial charge < -0.3 is 19.5 Å². The predicted octanol–water partition coefficient (Wildman–Crippen LogP) is 2.81. The monoisotopic (exact) mass is 303 g/mol. The molecule has 1 aliphatic rings. The van der Waals surface area contributed by atoms with Crippen LogP contribution >= 0.6 is 0 Å². The van der Waals surface area contributed by atoms with Crippen LogP contribution < -0.4 is 9.47 Å². The summed E-state index contributed by atoms with van der Waals surface area (Å²) in [4.78, 5) is 12.6. The molecule has 1 heterocycles. The molecule has 1 N–H and O–H groups in total. The summed E-state index contributed by atoms with van der Waals surface area (Å²) in [6, 6.07) is 5.77. The van der Waals surface area contributed by atoms with Crippen LogP contribution in [0.5, 0.6) is 11.5 Å². The summed E-state index contributed by atoms with van der Waals surface area (Å²) in [7, 11) is 1.59. The van der Waals surface area contributed by atoms with Crippen LogP contribution in [0, 0.1) is 17.8 Å². The van der Waals surface area contributed by atoms with Gasteiger partial charge in [0, 0.05) is 19.0 Å². The molecule has 5 nitrogen and oxygen atoms in total. The highest BCUT2D eigenvalue weighted by Crippen LogP contribution is 2.37. The second kappa shape index (κ2) is 7.08. The molecule has 2 rings (SSSR count). The van der Waals surface area contributed by atoms with Gasteiger partial charge in [0.15, 0.2) is 11.5 Å². The van der Waals surface area contributed by atoms with Crippen LogP contribution in [0.15, 0.2) is 18.2 Å². The maximum absolute atomic E-state index is 11.1. The number of likely N-dealkylation sites (tertiary alicyclic amines) is 1. The molecule has 1 amide bonds. The first kappa shape index (κ1) is 16.0. The number of hydrogen-bond acceptors (Lipinski definition) is 3. The zero-order valence-electron chi connectivity index (χ0n) is 13.1. The summed E-state index contributed by atoms with van der Waals surface area (Å²) in [5.74, 6) is 7.37. The Bertz CT molecular complexity index is 602. The van der Waals surface area contributed by atoms with Crippen molar-refractivity contribution in [3.8, 4) is 23.3 Å². The largest absolute Gasteiger partial charge is 0.493 e. The van der Waals surface area contributed by atoms with Gasteiger partial charge in [-0.2, -0.15) is 0 Å². The molecule has 1 fully saturated rings. The molecule has 1 aromatic rings. The number of hydrogen-bond donors (Lipinski definition) is 1. The molecular formula is C17H21NO4. The van der Waals surface area contributed by atoms with E-state index in [4.69, 9.17) is 14.6 Å². The van der Waals surface area contributed by atoms with Crippen molar-refractivity contribution in [1.82, 2.24) is 4.90 Å². The Morgan fingerprint density at radius 3 is 2.77 bits per heavy atom. The molecule has 0 aromatic heterocycles. The van der Waals surface area contributed by atoms with E-state index in [-0.39, 0.29) is 11.8 Å². The number of carbonyl (C=O) groups is 1. The Labute approximate surface area is 130 Å². The van der Waals surface area contributed by atoms with E-state index < -0.39 is 6.09 Å². The summed E-state index contributed by atoms with van der Waals surface area (Å²) < 4.78 is 11.0. The van der Waals surface area contributed by atoms with Gasteiger partial charge in [0.1, 0.15) is 6.61 Å². The number of methoxy groups -OCH3 is 1. The van der Waals surface area contributed by atoms with Crippen molar-refractivity contribution in [2.24, 2.45) is 5.92 Å². The van der Waals surface area contributed by atoms with Crippen molar-refractivity contribution >= 4 is 6.09 Å². The van der Waals surface area contributed by atoms with Crippen LogP contribution in [0.4, 0.5) is 4.79 Å². The summed E-state index contributed by atoms with van der Waals surface area (Å²) in [6.45, 7) is 5.21. The fourth-order valence-electron chi connectivity index (χ4n) is 2.78. The first-order chi connectivity index (χ1) is 10.6. The van der Waals surface area contributed by atoms with E-state index >= 15 is 0 Å². The molecule has 0 aliphatic carbocycles. The standard InChI is InChI=1S/C17H21NO4/c1-4-5-8-22-16-9-13(6-7-15(16)21-3)14-11-18(17(19)20)10-12(14)2/h6-7,9,12,14H,8,10-11H2,1-3H3,(H,19,20)/t12-,14+/m1/s1. The van der Waals surface area contributed by atoms with E-state index in [0.717, 1.165) is 5.56 Å². The van der Waals surface area contributed by atoms with Crippen LogP contribution in [0.1, 0.15) is 25.3 Å². The van der Waals surface area contributed by atoms with Gasteiger partial charge in [-0.1, -0.05) is 18.9 Å². The molecule has 22 heavy (non-hydrogen) atoms. The van der Waals surface area contributed by atoms with Crippen molar-refractivity contribution in [1.29, 1.82) is 0 Å². The first-order valence-electron chi connectivity index (χ1n) is 7.25. The summed E-state index contributed by atoms with van der Waals surface area (Å²) >= 11 is 0. The summed E-state index contributed by atoms with van der Waals surface area (Å²) in [6.07, 6.45) is -0.863. The van der Waals surface area contributed by atoms with Gasteiger partial charge >= 0.3 is 6.09 Å². The molecule has 0 bridgehead atoms. The van der Waals surface area contributed by atoms with Crippen LogP contribution in [0.3, 0.4) is 0 Å². The highest BCUT2D eigenvalue weighted by Gasteiger charge is 2.33. The fraction of sp³-hybridized carbons (Fsp3) is 0.471. The van der Waals surface area contributed by atoms with Crippen molar-refractivity contribution in [2.75, 3.05) is 26.8 Å². The quantitative estimate of drug-likeness (QED) is 0.869. The molecule has 1 aliphatic heterocycles. The first-order valence-corrected chi connectivity index (χ1v) is 7.25. The maximum Gasteiger partial charge on any atom is 0.407 e. The number of ether oxygens (including phenoxy) is 2. The molecule has 0 spiro atoms. The van der Waals surface area contributed by atoms with Gasteiger partial charge in [-0.25, -0.2) is 4.79 Å². The Kier molecular flexibility index (Phi) is 5.16. The van der Waals surface area contributed by atoms with Crippen LogP contribution in [-0.2, 0) is 0 Å². The van der Waals surface area contributed by atoms with Crippen molar-refractivity contribution in [3.05, 3.63) is 23.8 Å². The highest BCUT2D eigenvalue weighted by molar-refractivity contribution is 5.65. The minimum atomic E-state index is -0.863. The highest BCUT2D eigenvalue weighted by atomic mass is 16.5. The lowest BCUT2D eigenvalue weighted by Crippen LogP contribution is -2.26. The minimum Gasteiger partial charge on any atom is -0.493 e.